The summed E-state index contributed by atoms with van der Waals surface area (Å²) in [7, 11) is 0. The van der Waals surface area contributed by atoms with Gasteiger partial charge in [0.1, 0.15) is 5.75 Å². The number of hydrogen-bond acceptors (Lipinski definition) is 4. The van der Waals surface area contributed by atoms with E-state index in [4.69, 9.17) is 4.74 Å². The molecule has 2 rings (SSSR count). The number of aryl methyl sites for hydroxylation is 1. The van der Waals surface area contributed by atoms with Gasteiger partial charge in [-0.2, -0.15) is 0 Å². The Labute approximate surface area is 170 Å². The Morgan fingerprint density at radius 1 is 0.931 bits per heavy atom. The van der Waals surface area contributed by atoms with Crippen molar-refractivity contribution < 1.29 is 19.1 Å². The van der Waals surface area contributed by atoms with Gasteiger partial charge >= 0.3 is 0 Å². The Morgan fingerprint density at radius 3 is 2.17 bits per heavy atom. The van der Waals surface area contributed by atoms with E-state index in [0.717, 1.165) is 12.0 Å². The maximum Gasteiger partial charge on any atom is 0.279 e. The van der Waals surface area contributed by atoms with Gasteiger partial charge in [-0.15, -0.1) is 0 Å². The highest BCUT2D eigenvalue weighted by Gasteiger charge is 2.19. The van der Waals surface area contributed by atoms with Crippen LogP contribution in [0.4, 0.5) is 5.69 Å². The van der Waals surface area contributed by atoms with E-state index in [1.54, 1.807) is 36.4 Å². The average Bonchev–Trinajstić information content (AvgIpc) is 2.72. The van der Waals surface area contributed by atoms with E-state index in [9.17, 15) is 14.4 Å². The van der Waals surface area contributed by atoms with E-state index in [2.05, 4.69) is 16.2 Å². The van der Waals surface area contributed by atoms with Gasteiger partial charge in [-0.25, -0.2) is 0 Å². The summed E-state index contributed by atoms with van der Waals surface area (Å²) in [5.41, 5.74) is 6.84. The van der Waals surface area contributed by atoms with Crippen molar-refractivity contribution in [3.63, 3.8) is 0 Å². The van der Waals surface area contributed by atoms with Gasteiger partial charge in [-0.05, 0) is 56.2 Å². The molecule has 2 aromatic rings. The third-order valence-electron chi connectivity index (χ3n) is 4.17. The molecule has 1 atom stereocenters. The zero-order valence-corrected chi connectivity index (χ0v) is 17.0. The van der Waals surface area contributed by atoms with E-state index in [-0.39, 0.29) is 5.91 Å². The fraction of sp³-hybridized carbons (Fsp3) is 0.318. The summed E-state index contributed by atoms with van der Waals surface area (Å²) < 4.78 is 5.69. The lowest BCUT2D eigenvalue weighted by atomic mass is 10.2. The normalized spacial score (nSPS) is 11.3. The van der Waals surface area contributed by atoms with Crippen molar-refractivity contribution in [2.45, 2.75) is 46.1 Å². The van der Waals surface area contributed by atoms with Gasteiger partial charge in [0.15, 0.2) is 6.10 Å². The molecule has 0 saturated heterocycles. The number of benzene rings is 2. The zero-order valence-electron chi connectivity index (χ0n) is 17.0. The second-order valence-electron chi connectivity index (χ2n) is 6.65. The third kappa shape index (κ3) is 6.95. The zero-order chi connectivity index (χ0) is 21.2. The average molecular weight is 397 g/mol. The summed E-state index contributed by atoms with van der Waals surface area (Å²) >= 11 is 0. The first kappa shape index (κ1) is 21.9. The molecule has 0 aromatic heterocycles. The molecular formula is C22H27N3O4. The van der Waals surface area contributed by atoms with E-state index in [1.807, 2.05) is 32.9 Å². The highest BCUT2D eigenvalue weighted by atomic mass is 16.5. The van der Waals surface area contributed by atoms with Crippen LogP contribution in [-0.4, -0.2) is 23.8 Å². The first-order valence-corrected chi connectivity index (χ1v) is 9.66. The minimum atomic E-state index is -0.728. The summed E-state index contributed by atoms with van der Waals surface area (Å²) in [5.74, 6) is -0.388. The number of rotatable bonds is 8. The lowest BCUT2D eigenvalue weighted by Gasteiger charge is -2.17. The van der Waals surface area contributed by atoms with Crippen molar-refractivity contribution in [1.29, 1.82) is 0 Å². The Kier molecular flexibility index (Phi) is 8.21. The molecule has 0 aliphatic carbocycles. The SMILES string of the molecule is CCCC(=O)Nc1ccc(C(=O)NNC(=O)C(CC)Oc2ccc(C)cc2)cc1. The molecular weight excluding hydrogens is 370 g/mol. The number of amides is 3. The van der Waals surface area contributed by atoms with Gasteiger partial charge in [0, 0.05) is 17.7 Å². The summed E-state index contributed by atoms with van der Waals surface area (Å²) in [4.78, 5) is 36.2. The second-order valence-corrected chi connectivity index (χ2v) is 6.65. The van der Waals surface area contributed by atoms with Crippen LogP contribution in [0.3, 0.4) is 0 Å². The molecule has 29 heavy (non-hydrogen) atoms. The van der Waals surface area contributed by atoms with Crippen molar-refractivity contribution in [2.24, 2.45) is 0 Å². The maximum absolute atomic E-state index is 12.3. The Morgan fingerprint density at radius 2 is 1.59 bits per heavy atom. The molecule has 3 amide bonds. The van der Waals surface area contributed by atoms with Gasteiger partial charge in [-0.3, -0.25) is 25.2 Å². The summed E-state index contributed by atoms with van der Waals surface area (Å²) in [6.45, 7) is 5.72. The highest BCUT2D eigenvalue weighted by Crippen LogP contribution is 2.15. The lowest BCUT2D eigenvalue weighted by Crippen LogP contribution is -2.47. The first-order valence-electron chi connectivity index (χ1n) is 9.66. The van der Waals surface area contributed by atoms with Gasteiger partial charge < -0.3 is 10.1 Å². The number of carbonyl (C=O) groups is 3. The molecule has 0 saturated carbocycles. The van der Waals surface area contributed by atoms with Crippen LogP contribution in [-0.2, 0) is 9.59 Å². The van der Waals surface area contributed by atoms with Crippen LogP contribution in [0.15, 0.2) is 48.5 Å². The van der Waals surface area contributed by atoms with Crippen LogP contribution in [0.25, 0.3) is 0 Å². The van der Waals surface area contributed by atoms with Crippen LogP contribution in [0, 0.1) is 6.92 Å². The van der Waals surface area contributed by atoms with Gasteiger partial charge in [-0.1, -0.05) is 31.5 Å². The molecule has 0 aliphatic rings. The predicted octanol–water partition coefficient (Wildman–Crippen LogP) is 3.35. The van der Waals surface area contributed by atoms with Crippen molar-refractivity contribution >= 4 is 23.4 Å². The first-order chi connectivity index (χ1) is 13.9. The quantitative estimate of drug-likeness (QED) is 0.595. The summed E-state index contributed by atoms with van der Waals surface area (Å²) in [6.07, 6.45) is 0.923. The molecule has 0 bridgehead atoms. The summed E-state index contributed by atoms with van der Waals surface area (Å²) in [5, 5.41) is 2.75. The minimum absolute atomic E-state index is 0.0730. The van der Waals surface area contributed by atoms with E-state index >= 15 is 0 Å². The van der Waals surface area contributed by atoms with Crippen LogP contribution < -0.4 is 20.9 Å². The number of anilines is 1. The number of carbonyl (C=O) groups excluding carboxylic acids is 3. The largest absolute Gasteiger partial charge is 0.481 e. The van der Waals surface area contributed by atoms with Crippen molar-refractivity contribution in [3.05, 3.63) is 59.7 Å². The van der Waals surface area contributed by atoms with E-state index in [0.29, 0.717) is 29.8 Å². The fourth-order valence-corrected chi connectivity index (χ4v) is 2.53. The maximum atomic E-state index is 12.3. The van der Waals surface area contributed by atoms with Crippen molar-refractivity contribution in [3.8, 4) is 5.75 Å². The molecule has 1 unspecified atom stereocenters. The Hall–Kier alpha value is -3.35. The number of ether oxygens (including phenoxy) is 1. The molecule has 0 aliphatic heterocycles. The number of hydrazine groups is 1. The summed E-state index contributed by atoms with van der Waals surface area (Å²) in [6, 6.07) is 13.8. The molecule has 2 aromatic carbocycles. The van der Waals surface area contributed by atoms with Gasteiger partial charge in [0.2, 0.25) is 5.91 Å². The Bertz CT molecular complexity index is 832. The van der Waals surface area contributed by atoms with Gasteiger partial charge in [0.05, 0.1) is 0 Å². The lowest BCUT2D eigenvalue weighted by molar-refractivity contribution is -0.128. The monoisotopic (exact) mass is 397 g/mol. The molecule has 7 heteroatoms. The van der Waals surface area contributed by atoms with Crippen LogP contribution in [0.2, 0.25) is 0 Å². The molecule has 0 spiro atoms. The van der Waals surface area contributed by atoms with E-state index in [1.165, 1.54) is 0 Å². The molecule has 7 nitrogen and oxygen atoms in total. The standard InChI is InChI=1S/C22H27N3O4/c1-4-6-20(26)23-17-11-9-16(10-12-17)21(27)24-25-22(28)19(5-2)29-18-13-7-15(3)8-14-18/h7-14,19H,4-6H2,1-3H3,(H,23,26)(H,24,27)(H,25,28). The molecule has 0 heterocycles. The molecule has 0 radical (unpaired) electrons. The van der Waals surface area contributed by atoms with Crippen molar-refractivity contribution in [1.82, 2.24) is 10.9 Å². The highest BCUT2D eigenvalue weighted by molar-refractivity contribution is 5.97. The predicted molar refractivity (Wildman–Crippen MR) is 111 cm³/mol. The van der Waals surface area contributed by atoms with Crippen LogP contribution in [0.1, 0.15) is 49.0 Å². The molecule has 0 fully saturated rings. The fourth-order valence-electron chi connectivity index (χ4n) is 2.53. The minimum Gasteiger partial charge on any atom is -0.481 e. The Balaban J connectivity index is 1.87. The number of hydrogen-bond donors (Lipinski definition) is 3. The molecule has 154 valence electrons. The topological polar surface area (TPSA) is 96.5 Å². The smallest absolute Gasteiger partial charge is 0.279 e. The van der Waals surface area contributed by atoms with Gasteiger partial charge in [0.25, 0.3) is 11.8 Å². The molecule has 3 N–H and O–H groups in total. The third-order valence-corrected chi connectivity index (χ3v) is 4.17. The second kappa shape index (κ2) is 10.8. The van der Waals surface area contributed by atoms with Crippen LogP contribution in [0.5, 0.6) is 5.75 Å². The number of nitrogens with one attached hydrogen (secondary N) is 3. The van der Waals surface area contributed by atoms with E-state index < -0.39 is 17.9 Å². The van der Waals surface area contributed by atoms with Crippen LogP contribution >= 0.6 is 0 Å². The van der Waals surface area contributed by atoms with Crippen molar-refractivity contribution in [2.75, 3.05) is 5.32 Å².